The molecule has 134 valence electrons. The number of aromatic nitrogens is 1. The summed E-state index contributed by atoms with van der Waals surface area (Å²) < 4.78 is 0. The number of hydrogen-bond donors (Lipinski definition) is 1. The van der Waals surface area contributed by atoms with Gasteiger partial charge in [-0.3, -0.25) is 14.6 Å². The minimum Gasteiger partial charge on any atom is -0.503 e. The molecule has 2 aliphatic rings. The van der Waals surface area contributed by atoms with Crippen molar-refractivity contribution in [2.24, 2.45) is 0 Å². The maximum Gasteiger partial charge on any atom is 0.290 e. The lowest BCUT2D eigenvalue weighted by Gasteiger charge is -2.36. The van der Waals surface area contributed by atoms with Gasteiger partial charge < -0.3 is 10.0 Å². The predicted molar refractivity (Wildman–Crippen MR) is 99.0 cm³/mol. The molecule has 1 saturated carbocycles. The first-order valence-electron chi connectivity index (χ1n) is 8.92. The number of aliphatic hydroxyl groups excluding tert-OH is 1. The monoisotopic (exact) mass is 368 g/mol. The summed E-state index contributed by atoms with van der Waals surface area (Å²) in [5, 5.41) is 12.4. The zero-order valence-corrected chi connectivity index (χ0v) is 15.1. The van der Waals surface area contributed by atoms with E-state index in [0.29, 0.717) is 4.88 Å². The first kappa shape index (κ1) is 17.0. The van der Waals surface area contributed by atoms with Gasteiger partial charge in [-0.05, 0) is 42.0 Å². The molecule has 1 aliphatic heterocycles. The highest BCUT2D eigenvalue weighted by molar-refractivity contribution is 7.12. The number of rotatable bonds is 4. The summed E-state index contributed by atoms with van der Waals surface area (Å²) >= 11 is 1.32. The van der Waals surface area contributed by atoms with Crippen molar-refractivity contribution >= 4 is 23.0 Å². The van der Waals surface area contributed by atoms with Crippen LogP contribution in [0.2, 0.25) is 0 Å². The zero-order valence-electron chi connectivity index (χ0n) is 14.3. The molecule has 2 aromatic heterocycles. The first-order chi connectivity index (χ1) is 12.7. The van der Waals surface area contributed by atoms with Crippen molar-refractivity contribution in [3.8, 4) is 0 Å². The summed E-state index contributed by atoms with van der Waals surface area (Å²) in [6.07, 6.45) is 8.41. The molecule has 3 heterocycles. The minimum atomic E-state index is -0.553. The SMILES string of the molecule is O=C(C1=C(O)C(=O)N(C2CCCCC2)C1c1ccncc1)c1cccs1. The fourth-order valence-electron chi connectivity index (χ4n) is 4.00. The van der Waals surface area contributed by atoms with Gasteiger partial charge in [0.25, 0.3) is 5.91 Å². The first-order valence-corrected chi connectivity index (χ1v) is 9.80. The van der Waals surface area contributed by atoms with Crippen molar-refractivity contribution in [1.29, 1.82) is 0 Å². The number of aliphatic hydroxyl groups is 1. The van der Waals surface area contributed by atoms with Crippen LogP contribution in [0.3, 0.4) is 0 Å². The second-order valence-electron chi connectivity index (χ2n) is 6.76. The Bertz CT molecular complexity index is 839. The lowest BCUT2D eigenvalue weighted by Crippen LogP contribution is -2.41. The second-order valence-corrected chi connectivity index (χ2v) is 7.70. The van der Waals surface area contributed by atoms with E-state index in [4.69, 9.17) is 0 Å². The van der Waals surface area contributed by atoms with E-state index in [-0.39, 0.29) is 17.4 Å². The molecule has 4 rings (SSSR count). The van der Waals surface area contributed by atoms with Crippen molar-refractivity contribution in [3.63, 3.8) is 0 Å². The molecular weight excluding hydrogens is 348 g/mol. The zero-order chi connectivity index (χ0) is 18.1. The van der Waals surface area contributed by atoms with Crippen LogP contribution in [0.5, 0.6) is 0 Å². The lowest BCUT2D eigenvalue weighted by molar-refractivity contribution is -0.132. The summed E-state index contributed by atoms with van der Waals surface area (Å²) in [5.41, 5.74) is 0.997. The van der Waals surface area contributed by atoms with E-state index in [0.717, 1.165) is 31.2 Å². The standard InChI is InChI=1S/C20H20N2O3S/c23-18(15-7-4-12-26-15)16-17(13-8-10-21-11-9-13)22(20(25)19(16)24)14-5-2-1-3-6-14/h4,7-12,14,17,24H,1-3,5-6H2. The van der Waals surface area contributed by atoms with E-state index in [2.05, 4.69) is 4.98 Å². The van der Waals surface area contributed by atoms with Gasteiger partial charge in [0.15, 0.2) is 5.76 Å². The van der Waals surface area contributed by atoms with Crippen molar-refractivity contribution in [2.45, 2.75) is 44.2 Å². The molecule has 1 unspecified atom stereocenters. The fourth-order valence-corrected chi connectivity index (χ4v) is 4.68. The summed E-state index contributed by atoms with van der Waals surface area (Å²) in [6.45, 7) is 0. The summed E-state index contributed by atoms with van der Waals surface area (Å²) in [4.78, 5) is 32.3. The second kappa shape index (κ2) is 7.03. The van der Waals surface area contributed by atoms with Crippen LogP contribution in [0, 0.1) is 0 Å². The topological polar surface area (TPSA) is 70.5 Å². The maximum atomic E-state index is 13.1. The van der Waals surface area contributed by atoms with Crippen LogP contribution < -0.4 is 0 Å². The Morgan fingerprint density at radius 1 is 1.15 bits per heavy atom. The van der Waals surface area contributed by atoms with Crippen LogP contribution in [-0.4, -0.2) is 32.7 Å². The molecule has 1 amide bonds. The van der Waals surface area contributed by atoms with Crippen molar-refractivity contribution < 1.29 is 14.7 Å². The van der Waals surface area contributed by atoms with Crippen LogP contribution in [0.25, 0.3) is 0 Å². The quantitative estimate of drug-likeness (QED) is 0.827. The third-order valence-corrected chi connectivity index (χ3v) is 6.09. The molecule has 0 spiro atoms. The van der Waals surface area contributed by atoms with Gasteiger partial charge in [-0.1, -0.05) is 25.3 Å². The largest absolute Gasteiger partial charge is 0.503 e. The molecule has 0 aromatic carbocycles. The highest BCUT2D eigenvalue weighted by Gasteiger charge is 2.46. The molecule has 26 heavy (non-hydrogen) atoms. The van der Waals surface area contributed by atoms with Crippen molar-refractivity contribution in [1.82, 2.24) is 9.88 Å². The van der Waals surface area contributed by atoms with E-state index < -0.39 is 17.7 Å². The van der Waals surface area contributed by atoms with Gasteiger partial charge in [0.05, 0.1) is 16.5 Å². The third kappa shape index (κ3) is 2.84. The molecule has 1 fully saturated rings. The molecule has 0 bridgehead atoms. The molecule has 5 nitrogen and oxygen atoms in total. The van der Waals surface area contributed by atoms with E-state index in [1.165, 1.54) is 17.8 Å². The molecule has 1 N–H and O–H groups in total. The molecule has 0 saturated heterocycles. The molecule has 1 atom stereocenters. The number of hydrogen-bond acceptors (Lipinski definition) is 5. The average Bonchev–Trinajstić information content (AvgIpc) is 3.31. The Morgan fingerprint density at radius 3 is 2.54 bits per heavy atom. The Labute approximate surface area is 156 Å². The fraction of sp³-hybridized carbons (Fsp3) is 0.350. The van der Waals surface area contributed by atoms with Crippen LogP contribution >= 0.6 is 11.3 Å². The maximum absolute atomic E-state index is 13.1. The van der Waals surface area contributed by atoms with Gasteiger partial charge in [-0.25, -0.2) is 0 Å². The Kier molecular flexibility index (Phi) is 4.59. The smallest absolute Gasteiger partial charge is 0.290 e. The normalized spacial score (nSPS) is 21.5. The Hall–Kier alpha value is -2.47. The van der Waals surface area contributed by atoms with Gasteiger partial charge in [-0.15, -0.1) is 11.3 Å². The average molecular weight is 368 g/mol. The lowest BCUT2D eigenvalue weighted by atomic mass is 9.90. The van der Waals surface area contributed by atoms with Gasteiger partial charge in [-0.2, -0.15) is 0 Å². The number of pyridine rings is 1. The van der Waals surface area contributed by atoms with E-state index in [1.807, 2.05) is 17.5 Å². The minimum absolute atomic E-state index is 0.0465. The highest BCUT2D eigenvalue weighted by Crippen LogP contribution is 2.42. The predicted octanol–water partition coefficient (Wildman–Crippen LogP) is 4.05. The van der Waals surface area contributed by atoms with Gasteiger partial charge >= 0.3 is 0 Å². The molecule has 0 radical (unpaired) electrons. The van der Waals surface area contributed by atoms with Crippen LogP contribution in [0.1, 0.15) is 53.4 Å². The van der Waals surface area contributed by atoms with E-state index >= 15 is 0 Å². The van der Waals surface area contributed by atoms with Crippen LogP contribution in [0.15, 0.2) is 53.4 Å². The number of thiophene rings is 1. The third-order valence-electron chi connectivity index (χ3n) is 5.22. The molecule has 6 heteroatoms. The number of Topliss-reactive ketones (excluding diaryl/α,β-unsaturated/α-hetero) is 1. The number of ketones is 1. The van der Waals surface area contributed by atoms with Crippen molar-refractivity contribution in [2.75, 3.05) is 0 Å². The van der Waals surface area contributed by atoms with E-state index in [1.54, 1.807) is 29.4 Å². The van der Waals surface area contributed by atoms with E-state index in [9.17, 15) is 14.7 Å². The molecule has 1 aliphatic carbocycles. The van der Waals surface area contributed by atoms with Gasteiger partial charge in [0, 0.05) is 18.4 Å². The summed E-state index contributed by atoms with van der Waals surface area (Å²) in [5.74, 6) is -1.11. The number of nitrogens with zero attached hydrogens (tertiary/aromatic N) is 2. The summed E-state index contributed by atoms with van der Waals surface area (Å²) in [7, 11) is 0. The molecule has 2 aromatic rings. The number of amides is 1. The van der Waals surface area contributed by atoms with Crippen LogP contribution in [0.4, 0.5) is 0 Å². The number of carbonyl (C=O) groups excluding carboxylic acids is 2. The van der Waals surface area contributed by atoms with Crippen LogP contribution in [-0.2, 0) is 4.79 Å². The number of carbonyl (C=O) groups is 2. The molecular formula is C20H20N2O3S. The highest BCUT2D eigenvalue weighted by atomic mass is 32.1. The van der Waals surface area contributed by atoms with Gasteiger partial charge in [0.2, 0.25) is 5.78 Å². The Balaban J connectivity index is 1.80. The van der Waals surface area contributed by atoms with Crippen molar-refractivity contribution in [3.05, 3.63) is 63.8 Å². The van der Waals surface area contributed by atoms with Gasteiger partial charge in [0.1, 0.15) is 0 Å². The summed E-state index contributed by atoms with van der Waals surface area (Å²) in [6, 6.07) is 6.65. The Morgan fingerprint density at radius 2 is 1.88 bits per heavy atom.